The molecule has 7 nitrogen and oxygen atoms in total. The molecular weight excluding hydrogens is 361 g/mol. The van der Waals surface area contributed by atoms with E-state index in [-0.39, 0.29) is 5.82 Å². The first-order valence-corrected chi connectivity index (χ1v) is 9.43. The third-order valence-corrected chi connectivity index (χ3v) is 4.43. The van der Waals surface area contributed by atoms with E-state index in [1.807, 2.05) is 16.8 Å². The van der Waals surface area contributed by atoms with Gasteiger partial charge in [0.1, 0.15) is 11.5 Å². The third kappa shape index (κ3) is 5.67. The minimum absolute atomic E-state index is 0.338. The van der Waals surface area contributed by atoms with Gasteiger partial charge in [-0.15, -0.1) is 0 Å². The molecular formula is C20H24FN5O2. The first kappa shape index (κ1) is 19.6. The van der Waals surface area contributed by atoms with Crippen LogP contribution in [-0.4, -0.2) is 32.3 Å². The molecule has 3 N–H and O–H groups in total. The summed E-state index contributed by atoms with van der Waals surface area (Å²) in [5, 5.41) is 14.7. The molecule has 4 rings (SSSR count). The topological polar surface area (TPSA) is 92.1 Å². The van der Waals surface area contributed by atoms with Crippen molar-refractivity contribution < 1.29 is 14.3 Å². The van der Waals surface area contributed by atoms with E-state index in [0.717, 1.165) is 11.0 Å². The van der Waals surface area contributed by atoms with Gasteiger partial charge >= 0.3 is 6.09 Å². The number of carboxylic acid groups (broad SMARTS) is 1. The Hall–Kier alpha value is -3.16. The Morgan fingerprint density at radius 2 is 2.00 bits per heavy atom. The lowest BCUT2D eigenvalue weighted by atomic mass is 10.0. The Bertz CT molecular complexity index is 920. The Morgan fingerprint density at radius 1 is 1.21 bits per heavy atom. The minimum Gasteiger partial charge on any atom is -0.465 e. The zero-order valence-corrected chi connectivity index (χ0v) is 15.6. The zero-order chi connectivity index (χ0) is 19.8. The summed E-state index contributed by atoms with van der Waals surface area (Å²) in [6, 6.07) is 7.96. The number of fused-ring (bicyclic) bond motifs is 1. The van der Waals surface area contributed by atoms with Crippen molar-refractivity contribution in [2.24, 2.45) is 0 Å². The van der Waals surface area contributed by atoms with Crippen molar-refractivity contribution in [3.05, 3.63) is 48.5 Å². The van der Waals surface area contributed by atoms with Crippen molar-refractivity contribution in [2.45, 2.75) is 38.6 Å². The van der Waals surface area contributed by atoms with Crippen molar-refractivity contribution in [1.82, 2.24) is 19.9 Å². The molecule has 1 amide bonds. The van der Waals surface area contributed by atoms with Gasteiger partial charge in [0.25, 0.3) is 0 Å². The van der Waals surface area contributed by atoms with E-state index in [2.05, 4.69) is 20.6 Å². The van der Waals surface area contributed by atoms with Crippen LogP contribution in [-0.2, 0) is 6.54 Å². The highest BCUT2D eigenvalue weighted by Crippen LogP contribution is 2.18. The molecule has 1 aromatic carbocycles. The first-order valence-electron chi connectivity index (χ1n) is 9.43. The number of nitrogens with one attached hydrogen (secondary N) is 2. The number of aromatic nitrogens is 3. The maximum atomic E-state index is 13.2. The van der Waals surface area contributed by atoms with E-state index in [9.17, 15) is 9.18 Å². The highest BCUT2D eigenvalue weighted by atomic mass is 19.1. The standard InChI is InChI=1S/C16H16FN5O2.C4H8/c17-12-3-1-4-13(9-12)20-15-19-10-11-5-8-22(14(11)21-15)7-2-6-18-16(23)24;1-2-4-3-1/h1,3-5,8-10,18H,2,6-7H2,(H,23,24)(H,19,20,21);1-4H2. The summed E-state index contributed by atoms with van der Waals surface area (Å²) in [4.78, 5) is 19.1. The summed E-state index contributed by atoms with van der Waals surface area (Å²) in [5.41, 5.74) is 1.30. The lowest BCUT2D eigenvalue weighted by Crippen LogP contribution is -2.22. The van der Waals surface area contributed by atoms with Crippen LogP contribution in [0, 0.1) is 5.82 Å². The smallest absolute Gasteiger partial charge is 0.404 e. The van der Waals surface area contributed by atoms with Gasteiger partial charge in [0.2, 0.25) is 5.95 Å². The molecule has 1 fully saturated rings. The van der Waals surface area contributed by atoms with Crippen molar-refractivity contribution in [1.29, 1.82) is 0 Å². The van der Waals surface area contributed by atoms with Crippen LogP contribution < -0.4 is 10.6 Å². The first-order chi connectivity index (χ1) is 13.6. The van der Waals surface area contributed by atoms with E-state index in [1.165, 1.54) is 37.8 Å². The Balaban J connectivity index is 0.000000500. The number of amides is 1. The fraction of sp³-hybridized carbons (Fsp3) is 0.350. The van der Waals surface area contributed by atoms with Gasteiger partial charge < -0.3 is 20.3 Å². The molecule has 1 saturated carbocycles. The average molecular weight is 385 g/mol. The molecule has 0 bridgehead atoms. The normalized spacial score (nSPS) is 12.6. The second kappa shape index (κ2) is 9.68. The molecule has 1 aliphatic rings. The highest BCUT2D eigenvalue weighted by molar-refractivity contribution is 5.76. The molecule has 3 aromatic rings. The molecule has 8 heteroatoms. The fourth-order valence-electron chi connectivity index (χ4n) is 2.60. The second-order valence-corrected chi connectivity index (χ2v) is 6.62. The van der Waals surface area contributed by atoms with Crippen molar-refractivity contribution in [3.63, 3.8) is 0 Å². The Kier molecular flexibility index (Phi) is 6.78. The summed E-state index contributed by atoms with van der Waals surface area (Å²) in [7, 11) is 0. The molecule has 1 aliphatic carbocycles. The summed E-state index contributed by atoms with van der Waals surface area (Å²) >= 11 is 0. The minimum atomic E-state index is -1.03. The number of anilines is 2. The van der Waals surface area contributed by atoms with E-state index >= 15 is 0 Å². The largest absolute Gasteiger partial charge is 0.465 e. The summed E-state index contributed by atoms with van der Waals surface area (Å²) in [6.07, 6.45) is 9.19. The number of hydrogen-bond acceptors (Lipinski definition) is 4. The predicted octanol–water partition coefficient (Wildman–Crippen LogP) is 4.53. The number of aryl methyl sites for hydroxylation is 1. The summed E-state index contributed by atoms with van der Waals surface area (Å²) < 4.78 is 15.2. The molecule has 0 aliphatic heterocycles. The van der Waals surface area contributed by atoms with Crippen molar-refractivity contribution >= 4 is 28.8 Å². The predicted molar refractivity (Wildman–Crippen MR) is 106 cm³/mol. The fourth-order valence-corrected chi connectivity index (χ4v) is 2.60. The SMILES string of the molecule is C1CCC1.O=C(O)NCCCn1ccc2cnc(Nc3cccc(F)c3)nc21. The molecule has 2 aromatic heterocycles. The van der Waals surface area contributed by atoms with Gasteiger partial charge in [0, 0.05) is 36.6 Å². The van der Waals surface area contributed by atoms with E-state index in [0.29, 0.717) is 31.1 Å². The van der Waals surface area contributed by atoms with Gasteiger partial charge in [-0.3, -0.25) is 0 Å². The lowest BCUT2D eigenvalue weighted by molar-refractivity contribution is 0.194. The van der Waals surface area contributed by atoms with Crippen molar-refractivity contribution in [2.75, 3.05) is 11.9 Å². The van der Waals surface area contributed by atoms with Crippen LogP contribution >= 0.6 is 0 Å². The number of hydrogen-bond donors (Lipinski definition) is 3. The monoisotopic (exact) mass is 385 g/mol. The van der Waals surface area contributed by atoms with Crippen molar-refractivity contribution in [3.8, 4) is 0 Å². The van der Waals surface area contributed by atoms with Crippen LogP contribution in [0.25, 0.3) is 11.0 Å². The lowest BCUT2D eigenvalue weighted by Gasteiger charge is -2.07. The van der Waals surface area contributed by atoms with E-state index in [1.54, 1.807) is 18.3 Å². The van der Waals surface area contributed by atoms with Crippen LogP contribution in [0.4, 0.5) is 20.8 Å². The average Bonchev–Trinajstić information content (AvgIpc) is 2.99. The Morgan fingerprint density at radius 3 is 2.68 bits per heavy atom. The second-order valence-electron chi connectivity index (χ2n) is 6.62. The number of nitrogens with zero attached hydrogens (tertiary/aromatic N) is 3. The Labute approximate surface area is 162 Å². The number of benzene rings is 1. The molecule has 148 valence electrons. The zero-order valence-electron chi connectivity index (χ0n) is 15.6. The van der Waals surface area contributed by atoms with Gasteiger partial charge in [-0.05, 0) is 30.7 Å². The summed E-state index contributed by atoms with van der Waals surface area (Å²) in [5.74, 6) is 0.0343. The van der Waals surface area contributed by atoms with Gasteiger partial charge in [-0.25, -0.2) is 14.2 Å². The van der Waals surface area contributed by atoms with Crippen LogP contribution in [0.5, 0.6) is 0 Å². The maximum Gasteiger partial charge on any atom is 0.404 e. The maximum absolute atomic E-state index is 13.2. The highest BCUT2D eigenvalue weighted by Gasteiger charge is 2.06. The van der Waals surface area contributed by atoms with Gasteiger partial charge in [-0.1, -0.05) is 31.7 Å². The molecule has 0 atom stereocenters. The number of rotatable bonds is 6. The van der Waals surface area contributed by atoms with E-state index in [4.69, 9.17) is 5.11 Å². The molecule has 0 radical (unpaired) electrons. The third-order valence-electron chi connectivity index (χ3n) is 4.43. The molecule has 28 heavy (non-hydrogen) atoms. The van der Waals surface area contributed by atoms with Crippen LogP contribution in [0.2, 0.25) is 0 Å². The van der Waals surface area contributed by atoms with E-state index < -0.39 is 6.09 Å². The van der Waals surface area contributed by atoms with Crippen LogP contribution in [0.1, 0.15) is 32.1 Å². The molecule has 0 saturated heterocycles. The molecule has 2 heterocycles. The number of carbonyl (C=O) groups is 1. The van der Waals surface area contributed by atoms with Gasteiger partial charge in [0.05, 0.1) is 0 Å². The molecule has 0 unspecified atom stereocenters. The van der Waals surface area contributed by atoms with Gasteiger partial charge in [0.15, 0.2) is 0 Å². The van der Waals surface area contributed by atoms with Crippen LogP contribution in [0.15, 0.2) is 42.7 Å². The van der Waals surface area contributed by atoms with Gasteiger partial charge in [-0.2, -0.15) is 4.98 Å². The number of halogens is 1. The molecule has 0 spiro atoms. The quantitative estimate of drug-likeness (QED) is 0.542. The summed E-state index contributed by atoms with van der Waals surface area (Å²) in [6.45, 7) is 0.995. The van der Waals surface area contributed by atoms with Crippen LogP contribution in [0.3, 0.4) is 0 Å².